The van der Waals surface area contributed by atoms with E-state index in [0.29, 0.717) is 17.7 Å². The zero-order valence-corrected chi connectivity index (χ0v) is 23.5. The summed E-state index contributed by atoms with van der Waals surface area (Å²) >= 11 is 0. The first-order valence-corrected chi connectivity index (χ1v) is 14.9. The van der Waals surface area contributed by atoms with E-state index in [2.05, 4.69) is 6.92 Å². The highest BCUT2D eigenvalue weighted by Crippen LogP contribution is 2.20. The fourth-order valence-electron chi connectivity index (χ4n) is 4.87. The molecule has 0 aliphatic heterocycles. The molecule has 0 radical (unpaired) electrons. The predicted octanol–water partition coefficient (Wildman–Crippen LogP) is 9.82. The molecule has 0 bridgehead atoms. The lowest BCUT2D eigenvalue weighted by Crippen LogP contribution is -2.06. The Hall–Kier alpha value is -2.36. The first-order chi connectivity index (χ1) is 18.2. The third kappa shape index (κ3) is 13.1. The Morgan fingerprint density at radius 3 is 1.32 bits per heavy atom. The fraction of sp³-hybridized carbons (Fsp3) is 0.636. The molecule has 0 saturated carbocycles. The Kier molecular flexibility index (Phi) is 16.4. The third-order valence-electron chi connectivity index (χ3n) is 7.23. The number of benzene rings is 2. The van der Waals surface area contributed by atoms with Gasteiger partial charge in [-0.2, -0.15) is 0 Å². The van der Waals surface area contributed by atoms with Gasteiger partial charge in [0, 0.05) is 0 Å². The number of carbonyl (C=O) groups is 2. The van der Waals surface area contributed by atoms with E-state index >= 15 is 0 Å². The van der Waals surface area contributed by atoms with Crippen molar-refractivity contribution in [2.75, 3.05) is 13.7 Å². The summed E-state index contributed by atoms with van der Waals surface area (Å²) in [6, 6.07) is 10.7. The number of fused-ring (bicyclic) bond motifs is 1. The van der Waals surface area contributed by atoms with Crippen LogP contribution in [0.15, 0.2) is 36.4 Å². The van der Waals surface area contributed by atoms with E-state index < -0.39 is 0 Å². The first kappa shape index (κ1) is 30.9. The lowest BCUT2D eigenvalue weighted by atomic mass is 10.0. The highest BCUT2D eigenvalue weighted by Gasteiger charge is 2.10. The lowest BCUT2D eigenvalue weighted by molar-refractivity contribution is 0.0497. The summed E-state index contributed by atoms with van der Waals surface area (Å²) < 4.78 is 10.2. The molecule has 0 fully saturated rings. The van der Waals surface area contributed by atoms with Gasteiger partial charge in [0.15, 0.2) is 0 Å². The summed E-state index contributed by atoms with van der Waals surface area (Å²) in [6.45, 7) is 2.75. The highest BCUT2D eigenvalue weighted by molar-refractivity contribution is 5.98. The number of methoxy groups -OCH3 is 1. The lowest BCUT2D eigenvalue weighted by Gasteiger charge is -2.07. The molecule has 0 unspecified atom stereocenters. The van der Waals surface area contributed by atoms with Crippen LogP contribution in [0.1, 0.15) is 143 Å². The van der Waals surface area contributed by atoms with Crippen molar-refractivity contribution in [3.8, 4) is 0 Å². The molecule has 4 nitrogen and oxygen atoms in total. The minimum Gasteiger partial charge on any atom is -0.465 e. The van der Waals surface area contributed by atoms with E-state index in [1.807, 2.05) is 18.2 Å². The van der Waals surface area contributed by atoms with Gasteiger partial charge in [0.25, 0.3) is 0 Å². The maximum atomic E-state index is 12.4. The minimum absolute atomic E-state index is 0.286. The van der Waals surface area contributed by atoms with Crippen molar-refractivity contribution in [2.45, 2.75) is 122 Å². The van der Waals surface area contributed by atoms with E-state index in [4.69, 9.17) is 9.47 Å². The largest absolute Gasteiger partial charge is 0.465 e. The molecule has 0 heterocycles. The molecule has 0 amide bonds. The minimum atomic E-state index is -0.366. The number of carbonyl (C=O) groups excluding carboxylic acids is 2. The van der Waals surface area contributed by atoms with Gasteiger partial charge in [-0.25, -0.2) is 9.59 Å². The summed E-state index contributed by atoms with van der Waals surface area (Å²) in [7, 11) is 1.37. The summed E-state index contributed by atoms with van der Waals surface area (Å²) in [5.74, 6) is -0.652. The van der Waals surface area contributed by atoms with Crippen LogP contribution in [0, 0.1) is 0 Å². The zero-order chi connectivity index (χ0) is 26.6. The van der Waals surface area contributed by atoms with Crippen molar-refractivity contribution in [3.05, 3.63) is 47.5 Å². The van der Waals surface area contributed by atoms with Crippen LogP contribution in [0.25, 0.3) is 10.8 Å². The van der Waals surface area contributed by atoms with Gasteiger partial charge in [-0.1, -0.05) is 128 Å². The van der Waals surface area contributed by atoms with E-state index in [9.17, 15) is 9.59 Å². The van der Waals surface area contributed by atoms with Gasteiger partial charge < -0.3 is 9.47 Å². The molecule has 2 rings (SSSR count). The predicted molar refractivity (Wildman–Crippen MR) is 154 cm³/mol. The van der Waals surface area contributed by atoms with Gasteiger partial charge in [0.2, 0.25) is 0 Å². The summed E-state index contributed by atoms with van der Waals surface area (Å²) in [4.78, 5) is 24.1. The third-order valence-corrected chi connectivity index (χ3v) is 7.23. The number of esters is 2. The van der Waals surface area contributed by atoms with Crippen LogP contribution in [-0.2, 0) is 9.47 Å². The smallest absolute Gasteiger partial charge is 0.338 e. The molecule has 0 spiro atoms. The van der Waals surface area contributed by atoms with Gasteiger partial charge >= 0.3 is 11.9 Å². The Labute approximate surface area is 225 Å². The van der Waals surface area contributed by atoms with Crippen LogP contribution in [0.4, 0.5) is 0 Å². The molecule has 0 aromatic heterocycles. The summed E-state index contributed by atoms with van der Waals surface area (Å²) in [6.07, 6.45) is 24.2. The van der Waals surface area contributed by atoms with E-state index in [1.165, 1.54) is 110 Å². The fourth-order valence-corrected chi connectivity index (χ4v) is 4.87. The molecular weight excluding hydrogens is 460 g/mol. The Bertz CT molecular complexity index is 904. The van der Waals surface area contributed by atoms with Gasteiger partial charge in [0.05, 0.1) is 24.8 Å². The second kappa shape index (κ2) is 19.7. The van der Waals surface area contributed by atoms with E-state index in [-0.39, 0.29) is 11.9 Å². The van der Waals surface area contributed by atoms with E-state index in [1.54, 1.807) is 18.2 Å². The van der Waals surface area contributed by atoms with Crippen molar-refractivity contribution in [3.63, 3.8) is 0 Å². The normalized spacial score (nSPS) is 11.1. The quantitative estimate of drug-likeness (QED) is 0.124. The maximum Gasteiger partial charge on any atom is 0.338 e. The monoisotopic (exact) mass is 510 g/mol. The average Bonchev–Trinajstić information content (AvgIpc) is 2.93. The zero-order valence-electron chi connectivity index (χ0n) is 23.5. The molecule has 2 aromatic rings. The summed E-state index contributed by atoms with van der Waals surface area (Å²) in [5, 5.41) is 1.79. The Morgan fingerprint density at radius 2 is 0.919 bits per heavy atom. The summed E-state index contributed by atoms with van der Waals surface area (Å²) in [5.41, 5.74) is 1.04. The number of hydrogen-bond donors (Lipinski definition) is 0. The van der Waals surface area contributed by atoms with Crippen LogP contribution in [0.2, 0.25) is 0 Å². The second-order valence-electron chi connectivity index (χ2n) is 10.4. The van der Waals surface area contributed by atoms with E-state index in [0.717, 1.165) is 23.6 Å². The molecule has 0 saturated heterocycles. The van der Waals surface area contributed by atoms with Gasteiger partial charge in [-0.05, 0) is 41.5 Å². The van der Waals surface area contributed by atoms with Crippen LogP contribution in [0.5, 0.6) is 0 Å². The number of unbranched alkanes of at least 4 members (excludes halogenated alkanes) is 17. The SMILES string of the molecule is CCCCCCCCCCCCCCCCCCCCOC(=O)c1ccc2cc(C(=O)OC)ccc2c1. The molecule has 0 aliphatic carbocycles. The van der Waals surface area contributed by atoms with Crippen LogP contribution in [-0.4, -0.2) is 25.7 Å². The first-order valence-electron chi connectivity index (χ1n) is 14.9. The molecule has 37 heavy (non-hydrogen) atoms. The topological polar surface area (TPSA) is 52.6 Å². The van der Waals surface area contributed by atoms with Crippen molar-refractivity contribution in [2.24, 2.45) is 0 Å². The standard InChI is InChI=1S/C33H50O4/c1-3-4-5-6-7-8-9-10-11-12-13-14-15-16-17-18-19-20-25-37-33(35)31-24-22-28-26-30(32(34)36-2)23-21-29(28)27-31/h21-24,26-27H,3-20,25H2,1-2H3. The Balaban J connectivity index is 1.42. The Morgan fingerprint density at radius 1 is 0.541 bits per heavy atom. The van der Waals surface area contributed by atoms with Gasteiger partial charge in [0.1, 0.15) is 0 Å². The van der Waals surface area contributed by atoms with Crippen molar-refractivity contribution in [1.82, 2.24) is 0 Å². The van der Waals surface area contributed by atoms with Gasteiger partial charge in [-0.3, -0.25) is 0 Å². The number of rotatable bonds is 21. The van der Waals surface area contributed by atoms with Crippen molar-refractivity contribution < 1.29 is 19.1 Å². The highest BCUT2D eigenvalue weighted by atomic mass is 16.5. The van der Waals surface area contributed by atoms with Crippen LogP contribution < -0.4 is 0 Å². The molecule has 2 aromatic carbocycles. The van der Waals surface area contributed by atoms with Crippen molar-refractivity contribution >= 4 is 22.7 Å². The van der Waals surface area contributed by atoms with Crippen molar-refractivity contribution in [1.29, 1.82) is 0 Å². The van der Waals surface area contributed by atoms with Crippen LogP contribution in [0.3, 0.4) is 0 Å². The molecule has 4 heteroatoms. The maximum absolute atomic E-state index is 12.4. The molecule has 0 atom stereocenters. The van der Waals surface area contributed by atoms with Crippen LogP contribution >= 0.6 is 0 Å². The second-order valence-corrected chi connectivity index (χ2v) is 10.4. The molecular formula is C33H50O4. The average molecular weight is 511 g/mol. The number of hydrogen-bond acceptors (Lipinski definition) is 4. The van der Waals surface area contributed by atoms with Gasteiger partial charge in [-0.15, -0.1) is 0 Å². The molecule has 0 aliphatic rings. The molecule has 0 N–H and O–H groups in total. The number of ether oxygens (including phenoxy) is 2. The molecule has 206 valence electrons.